The van der Waals surface area contributed by atoms with Crippen LogP contribution in [-0.2, 0) is 0 Å². The van der Waals surface area contributed by atoms with Gasteiger partial charge in [-0.3, -0.25) is 4.90 Å². The Morgan fingerprint density at radius 1 is 1.00 bits per heavy atom. The number of nitrogens with zero attached hydrogens (tertiary/aromatic N) is 1. The van der Waals surface area contributed by atoms with E-state index >= 15 is 0 Å². The molecular formula is C16H33NO. The normalized spacial score (nSPS) is 33.7. The first-order valence-electron chi connectivity index (χ1n) is 7.73. The topological polar surface area (TPSA) is 23.5 Å². The fourth-order valence-corrected chi connectivity index (χ4v) is 3.66. The van der Waals surface area contributed by atoms with E-state index in [2.05, 4.69) is 46.4 Å². The minimum Gasteiger partial charge on any atom is -0.391 e. The van der Waals surface area contributed by atoms with Gasteiger partial charge in [-0.05, 0) is 36.5 Å². The summed E-state index contributed by atoms with van der Waals surface area (Å²) in [6.07, 6.45) is 2.09. The molecule has 18 heavy (non-hydrogen) atoms. The highest BCUT2D eigenvalue weighted by atomic mass is 16.3. The zero-order valence-electron chi connectivity index (χ0n) is 13.2. The molecule has 0 aromatic carbocycles. The molecule has 1 aliphatic carbocycles. The molecule has 0 amide bonds. The van der Waals surface area contributed by atoms with Gasteiger partial charge in [0.2, 0.25) is 0 Å². The van der Waals surface area contributed by atoms with Gasteiger partial charge in [0.25, 0.3) is 0 Å². The molecule has 108 valence electrons. The Labute approximate surface area is 114 Å². The van der Waals surface area contributed by atoms with Crippen LogP contribution in [0.5, 0.6) is 0 Å². The summed E-state index contributed by atoms with van der Waals surface area (Å²) in [6, 6.07) is 0.367. The van der Waals surface area contributed by atoms with Crippen LogP contribution in [0.2, 0.25) is 0 Å². The molecule has 2 nitrogen and oxygen atoms in total. The Balaban J connectivity index is 2.75. The lowest BCUT2D eigenvalue weighted by atomic mass is 9.77. The molecule has 4 atom stereocenters. The first-order chi connectivity index (χ1) is 8.31. The number of hydrogen-bond donors (Lipinski definition) is 1. The van der Waals surface area contributed by atoms with E-state index in [1.54, 1.807) is 0 Å². The van der Waals surface area contributed by atoms with E-state index in [-0.39, 0.29) is 6.10 Å². The Bertz CT molecular complexity index is 217. The minimum atomic E-state index is -0.138. The van der Waals surface area contributed by atoms with Crippen LogP contribution >= 0.6 is 0 Å². The van der Waals surface area contributed by atoms with Crippen LogP contribution in [0.15, 0.2) is 0 Å². The van der Waals surface area contributed by atoms with Crippen molar-refractivity contribution in [1.82, 2.24) is 4.90 Å². The standard InChI is InChI=1S/C16H33NO/c1-11(2)9-17(10-12(3)4)16-14(6)7-13(5)8-15(16)18/h11-16,18H,7-10H2,1-6H3. The average molecular weight is 255 g/mol. The van der Waals surface area contributed by atoms with Crippen molar-refractivity contribution in [3.05, 3.63) is 0 Å². The van der Waals surface area contributed by atoms with Crippen molar-refractivity contribution < 1.29 is 5.11 Å². The third-order valence-corrected chi connectivity index (χ3v) is 4.02. The molecule has 2 heteroatoms. The molecule has 0 aromatic rings. The van der Waals surface area contributed by atoms with Crippen LogP contribution in [-0.4, -0.2) is 35.2 Å². The third kappa shape index (κ3) is 4.55. The maximum Gasteiger partial charge on any atom is 0.0700 e. The first-order valence-corrected chi connectivity index (χ1v) is 7.73. The largest absolute Gasteiger partial charge is 0.391 e. The van der Waals surface area contributed by atoms with Crippen LogP contribution in [0.3, 0.4) is 0 Å². The Morgan fingerprint density at radius 3 is 1.89 bits per heavy atom. The van der Waals surface area contributed by atoms with Crippen molar-refractivity contribution in [2.45, 2.75) is 66.5 Å². The fraction of sp³-hybridized carbons (Fsp3) is 1.00. The summed E-state index contributed by atoms with van der Waals surface area (Å²) in [4.78, 5) is 2.55. The van der Waals surface area contributed by atoms with Crippen LogP contribution in [0.4, 0.5) is 0 Å². The number of aliphatic hydroxyl groups is 1. The molecule has 0 heterocycles. The summed E-state index contributed by atoms with van der Waals surface area (Å²) in [7, 11) is 0. The molecular weight excluding hydrogens is 222 g/mol. The van der Waals surface area contributed by atoms with E-state index in [0.717, 1.165) is 19.5 Å². The zero-order chi connectivity index (χ0) is 13.9. The van der Waals surface area contributed by atoms with Gasteiger partial charge in [-0.15, -0.1) is 0 Å². The van der Waals surface area contributed by atoms with Gasteiger partial charge in [0, 0.05) is 19.1 Å². The van der Waals surface area contributed by atoms with Gasteiger partial charge in [0.1, 0.15) is 0 Å². The lowest BCUT2D eigenvalue weighted by molar-refractivity contribution is -0.0324. The van der Waals surface area contributed by atoms with E-state index < -0.39 is 0 Å². The van der Waals surface area contributed by atoms with Gasteiger partial charge in [0.15, 0.2) is 0 Å². The van der Waals surface area contributed by atoms with Crippen molar-refractivity contribution in [2.75, 3.05) is 13.1 Å². The molecule has 0 radical (unpaired) electrons. The molecule has 1 N–H and O–H groups in total. The van der Waals surface area contributed by atoms with E-state index in [1.807, 2.05) is 0 Å². The predicted molar refractivity (Wildman–Crippen MR) is 78.6 cm³/mol. The second-order valence-electron chi connectivity index (χ2n) is 7.35. The van der Waals surface area contributed by atoms with Gasteiger partial charge in [0.05, 0.1) is 6.10 Å². The highest BCUT2D eigenvalue weighted by Crippen LogP contribution is 2.33. The predicted octanol–water partition coefficient (Wildman–Crippen LogP) is 3.40. The summed E-state index contributed by atoms with van der Waals surface area (Å²) in [6.45, 7) is 15.9. The van der Waals surface area contributed by atoms with E-state index in [9.17, 15) is 5.11 Å². The highest BCUT2D eigenvalue weighted by Gasteiger charge is 2.36. The van der Waals surface area contributed by atoms with Crippen LogP contribution in [0.25, 0.3) is 0 Å². The van der Waals surface area contributed by atoms with Crippen molar-refractivity contribution in [1.29, 1.82) is 0 Å². The quantitative estimate of drug-likeness (QED) is 0.814. The Hall–Kier alpha value is -0.0800. The second kappa shape index (κ2) is 6.91. The third-order valence-electron chi connectivity index (χ3n) is 4.02. The van der Waals surface area contributed by atoms with Crippen molar-refractivity contribution in [2.24, 2.45) is 23.7 Å². The summed E-state index contributed by atoms with van der Waals surface area (Å²) in [5.74, 6) is 2.62. The summed E-state index contributed by atoms with van der Waals surface area (Å²) < 4.78 is 0. The Kier molecular flexibility index (Phi) is 6.13. The van der Waals surface area contributed by atoms with Crippen LogP contribution < -0.4 is 0 Å². The number of aliphatic hydroxyl groups excluding tert-OH is 1. The highest BCUT2D eigenvalue weighted by molar-refractivity contribution is 4.90. The van der Waals surface area contributed by atoms with Crippen molar-refractivity contribution in [3.8, 4) is 0 Å². The molecule has 0 spiro atoms. The molecule has 1 aliphatic rings. The van der Waals surface area contributed by atoms with Crippen molar-refractivity contribution >= 4 is 0 Å². The average Bonchev–Trinajstić information content (AvgIpc) is 2.12. The Morgan fingerprint density at radius 2 is 1.50 bits per heavy atom. The zero-order valence-corrected chi connectivity index (χ0v) is 13.2. The van der Waals surface area contributed by atoms with Crippen LogP contribution in [0.1, 0.15) is 54.4 Å². The number of hydrogen-bond acceptors (Lipinski definition) is 2. The first kappa shape index (κ1) is 16.0. The second-order valence-corrected chi connectivity index (χ2v) is 7.35. The van der Waals surface area contributed by atoms with Gasteiger partial charge < -0.3 is 5.11 Å². The van der Waals surface area contributed by atoms with E-state index in [4.69, 9.17) is 0 Å². The fourth-order valence-electron chi connectivity index (χ4n) is 3.66. The molecule has 0 aromatic heterocycles. The molecule has 1 saturated carbocycles. The van der Waals surface area contributed by atoms with Gasteiger partial charge >= 0.3 is 0 Å². The molecule has 0 aliphatic heterocycles. The van der Waals surface area contributed by atoms with Crippen LogP contribution in [0, 0.1) is 23.7 Å². The molecule has 0 bridgehead atoms. The monoisotopic (exact) mass is 255 g/mol. The maximum atomic E-state index is 10.5. The summed E-state index contributed by atoms with van der Waals surface area (Å²) in [5, 5.41) is 10.5. The molecule has 1 fully saturated rings. The molecule has 1 rings (SSSR count). The van der Waals surface area contributed by atoms with E-state index in [1.165, 1.54) is 6.42 Å². The minimum absolute atomic E-state index is 0.138. The van der Waals surface area contributed by atoms with Gasteiger partial charge in [-0.1, -0.05) is 41.5 Å². The van der Waals surface area contributed by atoms with Gasteiger partial charge in [-0.25, -0.2) is 0 Å². The summed E-state index contributed by atoms with van der Waals surface area (Å²) in [5.41, 5.74) is 0. The summed E-state index contributed by atoms with van der Waals surface area (Å²) >= 11 is 0. The lowest BCUT2D eigenvalue weighted by Crippen LogP contribution is -2.53. The SMILES string of the molecule is CC(C)CN(CC(C)C)C1C(C)CC(C)CC1O. The smallest absolute Gasteiger partial charge is 0.0700 e. The molecule has 0 saturated heterocycles. The maximum absolute atomic E-state index is 10.5. The van der Waals surface area contributed by atoms with E-state index in [0.29, 0.717) is 29.7 Å². The lowest BCUT2D eigenvalue weighted by Gasteiger charge is -2.45. The molecule has 4 unspecified atom stereocenters. The van der Waals surface area contributed by atoms with Crippen molar-refractivity contribution in [3.63, 3.8) is 0 Å². The number of rotatable bonds is 5. The van der Waals surface area contributed by atoms with Gasteiger partial charge in [-0.2, -0.15) is 0 Å².